The molecule has 0 N–H and O–H groups in total. The highest BCUT2D eigenvalue weighted by Crippen LogP contribution is 2.23. The van der Waals surface area contributed by atoms with Crippen molar-refractivity contribution in [2.24, 2.45) is 0 Å². The van der Waals surface area contributed by atoms with Gasteiger partial charge < -0.3 is 9.47 Å². The average molecular weight is 407 g/mol. The van der Waals surface area contributed by atoms with E-state index in [1.54, 1.807) is 5.57 Å². The smallest absolute Gasteiger partial charge is 0.178 e. The summed E-state index contributed by atoms with van der Waals surface area (Å²) in [7, 11) is 0. The third kappa shape index (κ3) is 4.84. The molecule has 30 heavy (non-hydrogen) atoms. The molecular formula is C25H34N4O. The van der Waals surface area contributed by atoms with E-state index in [0.717, 1.165) is 56.2 Å². The van der Waals surface area contributed by atoms with Gasteiger partial charge >= 0.3 is 0 Å². The molecule has 0 spiro atoms. The van der Waals surface area contributed by atoms with E-state index < -0.39 is 0 Å². The summed E-state index contributed by atoms with van der Waals surface area (Å²) < 4.78 is 2.34. The van der Waals surface area contributed by atoms with E-state index in [0.29, 0.717) is 6.54 Å². The van der Waals surface area contributed by atoms with Crippen molar-refractivity contribution >= 4 is 11.6 Å². The highest BCUT2D eigenvalue weighted by molar-refractivity contribution is 5.99. The molecule has 5 nitrogen and oxygen atoms in total. The summed E-state index contributed by atoms with van der Waals surface area (Å²) in [6.45, 7) is 9.35. The van der Waals surface area contributed by atoms with Gasteiger partial charge in [0.05, 0.1) is 6.54 Å². The summed E-state index contributed by atoms with van der Waals surface area (Å²) in [5, 5.41) is 0. The number of anilines is 1. The third-order valence-electron chi connectivity index (χ3n) is 6.63. The van der Waals surface area contributed by atoms with Gasteiger partial charge in [-0.3, -0.25) is 9.69 Å². The van der Waals surface area contributed by atoms with Crippen LogP contribution >= 0.6 is 0 Å². The number of rotatable bonds is 7. The number of allylic oxidation sites excluding steroid dienone is 2. The van der Waals surface area contributed by atoms with Crippen molar-refractivity contribution in [1.82, 2.24) is 14.5 Å². The summed E-state index contributed by atoms with van der Waals surface area (Å²) in [5.74, 6) is 1.28. The lowest BCUT2D eigenvalue weighted by Gasteiger charge is -2.35. The molecule has 2 aliphatic rings. The summed E-state index contributed by atoms with van der Waals surface area (Å²) in [5.41, 5.74) is 4.82. The quantitative estimate of drug-likeness (QED) is 0.505. The fourth-order valence-electron chi connectivity index (χ4n) is 4.78. The Bertz CT molecular complexity index is 891. The third-order valence-corrected chi connectivity index (χ3v) is 6.63. The lowest BCUT2D eigenvalue weighted by Crippen LogP contribution is -2.48. The van der Waals surface area contributed by atoms with Gasteiger partial charge in [-0.25, -0.2) is 4.98 Å². The molecule has 5 heteroatoms. The Morgan fingerprint density at radius 2 is 1.93 bits per heavy atom. The van der Waals surface area contributed by atoms with Gasteiger partial charge in [0.15, 0.2) is 5.78 Å². The second-order valence-corrected chi connectivity index (χ2v) is 8.67. The predicted octanol–water partition coefficient (Wildman–Crippen LogP) is 4.40. The van der Waals surface area contributed by atoms with Crippen LogP contribution < -0.4 is 4.90 Å². The molecule has 4 rings (SSSR count). The Labute approximate surface area is 180 Å². The number of Topliss-reactive ketones (excluding diaryl/α,β-unsaturated/α-hetero) is 1. The molecule has 0 bridgehead atoms. The highest BCUT2D eigenvalue weighted by atomic mass is 16.1. The maximum Gasteiger partial charge on any atom is 0.178 e. The van der Waals surface area contributed by atoms with E-state index in [2.05, 4.69) is 51.4 Å². The summed E-state index contributed by atoms with van der Waals surface area (Å²) in [6, 6.07) is 8.12. The normalized spacial score (nSPS) is 17.8. The molecular weight excluding hydrogens is 372 g/mol. The zero-order valence-corrected chi connectivity index (χ0v) is 18.4. The lowest BCUT2D eigenvalue weighted by molar-refractivity contribution is 0.0925. The van der Waals surface area contributed by atoms with Crippen LogP contribution in [-0.2, 0) is 6.54 Å². The fourth-order valence-corrected chi connectivity index (χ4v) is 4.78. The van der Waals surface area contributed by atoms with E-state index in [4.69, 9.17) is 0 Å². The van der Waals surface area contributed by atoms with Crippen LogP contribution in [0.3, 0.4) is 0 Å². The summed E-state index contributed by atoms with van der Waals surface area (Å²) in [4.78, 5) is 22.1. The Kier molecular flexibility index (Phi) is 6.68. The van der Waals surface area contributed by atoms with Crippen molar-refractivity contribution < 1.29 is 4.79 Å². The number of piperazine rings is 1. The monoisotopic (exact) mass is 406 g/mol. The summed E-state index contributed by atoms with van der Waals surface area (Å²) in [6.07, 6.45) is 10.5. The molecule has 1 saturated heterocycles. The number of nitrogens with zero attached hydrogens (tertiary/aromatic N) is 4. The van der Waals surface area contributed by atoms with Crippen LogP contribution in [0, 0.1) is 13.8 Å². The Balaban J connectivity index is 1.33. The van der Waals surface area contributed by atoms with Gasteiger partial charge in [-0.1, -0.05) is 17.7 Å². The van der Waals surface area contributed by atoms with Crippen molar-refractivity contribution in [2.45, 2.75) is 52.5 Å². The molecule has 0 amide bonds. The van der Waals surface area contributed by atoms with Gasteiger partial charge in [0.1, 0.15) is 5.82 Å². The SMILES string of the molecule is Cc1cc(C(=O)CN2CCN(c3ccccn3)CC2)c(C)n1CCC1=CCCCC1. The number of ketones is 1. The van der Waals surface area contributed by atoms with Gasteiger partial charge in [-0.15, -0.1) is 0 Å². The van der Waals surface area contributed by atoms with Crippen molar-refractivity contribution in [3.63, 3.8) is 0 Å². The number of hydrogen-bond donors (Lipinski definition) is 0. The van der Waals surface area contributed by atoms with Crippen molar-refractivity contribution in [3.8, 4) is 0 Å². The fraction of sp³-hybridized carbons (Fsp3) is 0.520. The zero-order chi connectivity index (χ0) is 20.9. The highest BCUT2D eigenvalue weighted by Gasteiger charge is 2.22. The lowest BCUT2D eigenvalue weighted by atomic mass is 9.97. The number of carbonyl (C=O) groups is 1. The minimum atomic E-state index is 0.248. The van der Waals surface area contributed by atoms with Gasteiger partial charge in [0.2, 0.25) is 0 Å². The van der Waals surface area contributed by atoms with E-state index in [-0.39, 0.29) is 5.78 Å². The number of aromatic nitrogens is 2. The first-order valence-corrected chi connectivity index (χ1v) is 11.4. The molecule has 160 valence electrons. The predicted molar refractivity (Wildman–Crippen MR) is 122 cm³/mol. The molecule has 0 aromatic carbocycles. The maximum atomic E-state index is 13.1. The van der Waals surface area contributed by atoms with Crippen LogP contribution in [0.25, 0.3) is 0 Å². The van der Waals surface area contributed by atoms with Crippen LogP contribution in [0.1, 0.15) is 53.8 Å². The number of carbonyl (C=O) groups excluding carboxylic acids is 1. The van der Waals surface area contributed by atoms with Crippen molar-refractivity contribution in [2.75, 3.05) is 37.6 Å². The topological polar surface area (TPSA) is 41.4 Å². The molecule has 3 heterocycles. The van der Waals surface area contributed by atoms with Crippen molar-refractivity contribution in [1.29, 1.82) is 0 Å². The van der Waals surface area contributed by atoms with Crippen molar-refractivity contribution in [3.05, 3.63) is 59.1 Å². The number of aryl methyl sites for hydroxylation is 1. The molecule has 1 aliphatic carbocycles. The van der Waals surface area contributed by atoms with Gasteiger partial charge in [-0.05, 0) is 64.2 Å². The molecule has 0 saturated carbocycles. The van der Waals surface area contributed by atoms with E-state index in [1.165, 1.54) is 31.4 Å². The van der Waals surface area contributed by atoms with E-state index >= 15 is 0 Å². The minimum absolute atomic E-state index is 0.248. The minimum Gasteiger partial charge on any atom is -0.354 e. The molecule has 2 aromatic rings. The van der Waals surface area contributed by atoms with Gasteiger partial charge in [0.25, 0.3) is 0 Å². The molecule has 0 radical (unpaired) electrons. The van der Waals surface area contributed by atoms with Crippen LogP contribution in [0.5, 0.6) is 0 Å². The Morgan fingerprint density at radius 3 is 2.63 bits per heavy atom. The number of pyridine rings is 1. The van der Waals surface area contributed by atoms with E-state index in [9.17, 15) is 4.79 Å². The van der Waals surface area contributed by atoms with Crippen LogP contribution in [0.15, 0.2) is 42.1 Å². The van der Waals surface area contributed by atoms with Gasteiger partial charge in [0, 0.05) is 55.9 Å². The molecule has 0 atom stereocenters. The maximum absolute atomic E-state index is 13.1. The zero-order valence-electron chi connectivity index (χ0n) is 18.4. The van der Waals surface area contributed by atoms with Crippen LogP contribution in [-0.4, -0.2) is 53.0 Å². The van der Waals surface area contributed by atoms with Crippen LogP contribution in [0.2, 0.25) is 0 Å². The van der Waals surface area contributed by atoms with E-state index in [1.807, 2.05) is 18.3 Å². The summed E-state index contributed by atoms with van der Waals surface area (Å²) >= 11 is 0. The average Bonchev–Trinajstić information content (AvgIpc) is 3.07. The number of hydrogen-bond acceptors (Lipinski definition) is 4. The first kappa shape index (κ1) is 20.9. The second-order valence-electron chi connectivity index (χ2n) is 8.67. The second kappa shape index (κ2) is 9.61. The molecule has 1 aliphatic heterocycles. The molecule has 2 aromatic heterocycles. The first-order chi connectivity index (χ1) is 14.6. The Hall–Kier alpha value is -2.40. The standard InChI is InChI=1S/C25H34N4O/c1-20-18-23(21(2)29(20)13-11-22-8-4-3-5-9-22)24(30)19-27-14-16-28(17-15-27)25-10-6-7-12-26-25/h6-8,10,12,18H,3-5,9,11,13-17,19H2,1-2H3. The molecule has 0 unspecified atom stereocenters. The van der Waals surface area contributed by atoms with Crippen LogP contribution in [0.4, 0.5) is 5.82 Å². The Morgan fingerprint density at radius 1 is 1.10 bits per heavy atom. The van der Waals surface area contributed by atoms with Gasteiger partial charge in [-0.2, -0.15) is 0 Å². The first-order valence-electron chi connectivity index (χ1n) is 11.4. The largest absolute Gasteiger partial charge is 0.354 e. The molecule has 1 fully saturated rings.